The van der Waals surface area contributed by atoms with Gasteiger partial charge < -0.3 is 5.32 Å². The number of aromatic nitrogens is 3. The zero-order valence-electron chi connectivity index (χ0n) is 8.15. The first kappa shape index (κ1) is 9.12. The molecule has 0 spiro atoms. The Kier molecular flexibility index (Phi) is 2.11. The fourth-order valence-corrected chi connectivity index (χ4v) is 2.20. The van der Waals surface area contributed by atoms with Crippen LogP contribution in [0.1, 0.15) is 18.2 Å². The Morgan fingerprint density at radius 3 is 3.13 bits per heavy atom. The molecule has 0 amide bonds. The first-order chi connectivity index (χ1) is 7.34. The maximum Gasteiger partial charge on any atom is 0.160 e. The Bertz CT molecular complexity index is 487. The van der Waals surface area contributed by atoms with Gasteiger partial charge in [-0.15, -0.1) is 10.2 Å². The Balaban J connectivity index is 2.13. The third-order valence-corrected chi connectivity index (χ3v) is 3.04. The van der Waals surface area contributed by atoms with Gasteiger partial charge in [-0.25, -0.2) is 0 Å². The predicted molar refractivity (Wildman–Crippen MR) is 58.2 cm³/mol. The number of hydrogen-bond acceptors (Lipinski definition) is 3. The summed E-state index contributed by atoms with van der Waals surface area (Å²) in [4.78, 5) is 0. The number of nitrogens with zero attached hydrogens (tertiary/aromatic N) is 3. The topological polar surface area (TPSA) is 42.2 Å². The van der Waals surface area contributed by atoms with E-state index in [-0.39, 0.29) is 0 Å². The summed E-state index contributed by atoms with van der Waals surface area (Å²) in [6.45, 7) is 2.04. The molecule has 1 aliphatic rings. The second kappa shape index (κ2) is 3.47. The minimum atomic E-state index is 0.457. The van der Waals surface area contributed by atoms with Gasteiger partial charge in [-0.05, 0) is 25.1 Å². The molecule has 1 unspecified atom stereocenters. The van der Waals surface area contributed by atoms with Crippen molar-refractivity contribution < 1.29 is 0 Å². The van der Waals surface area contributed by atoms with Crippen molar-refractivity contribution in [2.24, 2.45) is 0 Å². The van der Waals surface area contributed by atoms with E-state index in [9.17, 15) is 0 Å². The summed E-state index contributed by atoms with van der Waals surface area (Å²) in [6.07, 6.45) is 3.00. The van der Waals surface area contributed by atoms with E-state index in [2.05, 4.69) is 15.5 Å². The van der Waals surface area contributed by atoms with Crippen LogP contribution in [0.25, 0.3) is 5.65 Å². The molecule has 3 rings (SSSR count). The molecule has 2 aromatic heterocycles. The smallest absolute Gasteiger partial charge is 0.160 e. The van der Waals surface area contributed by atoms with Gasteiger partial charge in [0.1, 0.15) is 5.82 Å². The van der Waals surface area contributed by atoms with Crippen molar-refractivity contribution >= 4 is 17.2 Å². The Hall–Kier alpha value is -1.13. The number of rotatable bonds is 1. The molecule has 5 heteroatoms. The molecule has 78 valence electrons. The van der Waals surface area contributed by atoms with Crippen LogP contribution in [-0.4, -0.2) is 27.7 Å². The number of hydrogen-bond donors (Lipinski definition) is 1. The summed E-state index contributed by atoms with van der Waals surface area (Å²) in [5.74, 6) is 1.47. The van der Waals surface area contributed by atoms with E-state index in [1.54, 1.807) is 0 Å². The predicted octanol–water partition coefficient (Wildman–Crippen LogP) is 1.46. The Morgan fingerprint density at radius 2 is 2.33 bits per heavy atom. The molecule has 1 N–H and O–H groups in total. The summed E-state index contributed by atoms with van der Waals surface area (Å²) in [6, 6.07) is 3.73. The van der Waals surface area contributed by atoms with E-state index in [1.807, 2.05) is 22.7 Å². The van der Waals surface area contributed by atoms with Crippen LogP contribution in [0, 0.1) is 0 Å². The molecule has 1 atom stereocenters. The molecule has 1 aliphatic heterocycles. The van der Waals surface area contributed by atoms with Crippen LogP contribution in [0.4, 0.5) is 0 Å². The molecule has 15 heavy (non-hydrogen) atoms. The molecule has 3 heterocycles. The lowest BCUT2D eigenvalue weighted by Gasteiger charge is -2.05. The molecule has 1 saturated heterocycles. The van der Waals surface area contributed by atoms with Crippen LogP contribution in [0.5, 0.6) is 0 Å². The number of halogens is 1. The molecule has 0 aromatic carbocycles. The fraction of sp³-hybridized carbons (Fsp3) is 0.400. The van der Waals surface area contributed by atoms with Crippen molar-refractivity contribution in [3.8, 4) is 0 Å². The molecule has 1 fully saturated rings. The van der Waals surface area contributed by atoms with E-state index in [4.69, 9.17) is 11.6 Å². The summed E-state index contributed by atoms with van der Waals surface area (Å²) in [7, 11) is 0. The number of nitrogens with one attached hydrogen (secondary N) is 1. The van der Waals surface area contributed by atoms with Crippen LogP contribution in [0.3, 0.4) is 0 Å². The van der Waals surface area contributed by atoms with Crippen molar-refractivity contribution in [3.05, 3.63) is 29.2 Å². The van der Waals surface area contributed by atoms with Gasteiger partial charge in [-0.3, -0.25) is 4.40 Å². The monoisotopic (exact) mass is 222 g/mol. The van der Waals surface area contributed by atoms with Gasteiger partial charge in [0.25, 0.3) is 0 Å². The SMILES string of the molecule is Clc1ccc2nnc(C3CCNC3)n2c1. The second-order valence-electron chi connectivity index (χ2n) is 3.82. The third kappa shape index (κ3) is 1.50. The highest BCUT2D eigenvalue weighted by Gasteiger charge is 2.21. The second-order valence-corrected chi connectivity index (χ2v) is 4.26. The van der Waals surface area contributed by atoms with Gasteiger partial charge in [0.2, 0.25) is 0 Å². The molecule has 0 saturated carbocycles. The summed E-state index contributed by atoms with van der Waals surface area (Å²) >= 11 is 5.96. The van der Waals surface area contributed by atoms with Crippen molar-refractivity contribution in [1.29, 1.82) is 0 Å². The first-order valence-corrected chi connectivity index (χ1v) is 5.43. The van der Waals surface area contributed by atoms with Gasteiger partial charge in [-0.1, -0.05) is 11.6 Å². The number of pyridine rings is 1. The maximum atomic E-state index is 5.96. The lowest BCUT2D eigenvalue weighted by atomic mass is 10.1. The van der Waals surface area contributed by atoms with Crippen LogP contribution < -0.4 is 5.32 Å². The van der Waals surface area contributed by atoms with Gasteiger partial charge in [0.15, 0.2) is 5.65 Å². The van der Waals surface area contributed by atoms with Crippen molar-refractivity contribution in [3.63, 3.8) is 0 Å². The van der Waals surface area contributed by atoms with Gasteiger partial charge >= 0.3 is 0 Å². The standard InChI is InChI=1S/C10H11ClN4/c11-8-1-2-9-13-14-10(15(9)6-8)7-3-4-12-5-7/h1-2,6-7,12H,3-5H2. The van der Waals surface area contributed by atoms with Gasteiger partial charge in [0.05, 0.1) is 5.02 Å². The fourth-order valence-electron chi connectivity index (χ4n) is 2.04. The minimum Gasteiger partial charge on any atom is -0.316 e. The highest BCUT2D eigenvalue weighted by Crippen LogP contribution is 2.22. The molecular weight excluding hydrogens is 212 g/mol. The van der Waals surface area contributed by atoms with Crippen LogP contribution >= 0.6 is 11.6 Å². The van der Waals surface area contributed by atoms with E-state index in [0.29, 0.717) is 5.92 Å². The average Bonchev–Trinajstić information content (AvgIpc) is 2.83. The quantitative estimate of drug-likeness (QED) is 0.795. The number of fused-ring (bicyclic) bond motifs is 1. The Labute approximate surface area is 92.3 Å². The first-order valence-electron chi connectivity index (χ1n) is 5.05. The molecular formula is C10H11ClN4. The average molecular weight is 223 g/mol. The largest absolute Gasteiger partial charge is 0.316 e. The van der Waals surface area contributed by atoms with Crippen molar-refractivity contribution in [1.82, 2.24) is 19.9 Å². The van der Waals surface area contributed by atoms with Crippen LogP contribution in [0.2, 0.25) is 5.02 Å². The third-order valence-electron chi connectivity index (χ3n) is 2.82. The highest BCUT2D eigenvalue weighted by atomic mass is 35.5. The zero-order valence-corrected chi connectivity index (χ0v) is 8.91. The molecule has 0 aliphatic carbocycles. The van der Waals surface area contributed by atoms with Crippen molar-refractivity contribution in [2.45, 2.75) is 12.3 Å². The Morgan fingerprint density at radius 1 is 1.40 bits per heavy atom. The minimum absolute atomic E-state index is 0.457. The zero-order chi connectivity index (χ0) is 10.3. The van der Waals surface area contributed by atoms with Crippen LogP contribution in [0.15, 0.2) is 18.3 Å². The summed E-state index contributed by atoms with van der Waals surface area (Å²) in [5, 5.41) is 12.4. The van der Waals surface area contributed by atoms with Crippen molar-refractivity contribution in [2.75, 3.05) is 13.1 Å². The van der Waals surface area contributed by atoms with E-state index in [0.717, 1.165) is 36.0 Å². The lowest BCUT2D eigenvalue weighted by Crippen LogP contribution is -2.10. The van der Waals surface area contributed by atoms with Gasteiger partial charge in [-0.2, -0.15) is 0 Å². The van der Waals surface area contributed by atoms with E-state index < -0.39 is 0 Å². The molecule has 0 radical (unpaired) electrons. The van der Waals surface area contributed by atoms with Crippen LogP contribution in [-0.2, 0) is 0 Å². The lowest BCUT2D eigenvalue weighted by molar-refractivity contribution is 0.691. The van der Waals surface area contributed by atoms with E-state index in [1.165, 1.54) is 0 Å². The summed E-state index contributed by atoms with van der Waals surface area (Å²) < 4.78 is 1.99. The van der Waals surface area contributed by atoms with E-state index >= 15 is 0 Å². The summed E-state index contributed by atoms with van der Waals surface area (Å²) in [5.41, 5.74) is 0.862. The molecule has 4 nitrogen and oxygen atoms in total. The molecule has 2 aromatic rings. The normalized spacial score (nSPS) is 21.3. The molecule has 0 bridgehead atoms. The highest BCUT2D eigenvalue weighted by molar-refractivity contribution is 6.30. The van der Waals surface area contributed by atoms with Gasteiger partial charge in [0, 0.05) is 18.7 Å². The maximum absolute atomic E-state index is 5.96.